The van der Waals surface area contributed by atoms with Crippen molar-refractivity contribution < 1.29 is 9.59 Å². The Morgan fingerprint density at radius 2 is 1.96 bits per heavy atom. The first-order valence-electron chi connectivity index (χ1n) is 10.3. The molecule has 2 amide bonds. The summed E-state index contributed by atoms with van der Waals surface area (Å²) in [6.07, 6.45) is 7.46. The Morgan fingerprint density at radius 3 is 2.74 bits per heavy atom. The summed E-state index contributed by atoms with van der Waals surface area (Å²) in [7, 11) is 0. The maximum atomic E-state index is 13.0. The summed E-state index contributed by atoms with van der Waals surface area (Å²) >= 11 is 0. The van der Waals surface area contributed by atoms with Crippen LogP contribution >= 0.6 is 0 Å². The number of benzene rings is 1. The van der Waals surface area contributed by atoms with Crippen molar-refractivity contribution in [1.82, 2.24) is 15.2 Å². The number of H-pyrrole nitrogens is 1. The van der Waals surface area contributed by atoms with E-state index in [0.717, 1.165) is 13.0 Å². The molecule has 1 aromatic heterocycles. The zero-order valence-electron chi connectivity index (χ0n) is 16.1. The fourth-order valence-corrected chi connectivity index (χ4v) is 4.98. The van der Waals surface area contributed by atoms with Gasteiger partial charge in [-0.25, -0.2) is 0 Å². The normalized spacial score (nSPS) is 20.5. The Bertz CT molecular complexity index is 835. The van der Waals surface area contributed by atoms with Gasteiger partial charge in [-0.2, -0.15) is 0 Å². The van der Waals surface area contributed by atoms with Crippen LogP contribution in [-0.2, 0) is 16.0 Å². The molecule has 4 rings (SSSR count). The fourth-order valence-electron chi connectivity index (χ4n) is 4.98. The molecule has 0 saturated heterocycles. The van der Waals surface area contributed by atoms with Gasteiger partial charge in [0.2, 0.25) is 11.8 Å². The zero-order chi connectivity index (χ0) is 18.8. The van der Waals surface area contributed by atoms with E-state index in [1.807, 2.05) is 0 Å². The molecule has 2 aliphatic rings. The molecule has 1 aliphatic carbocycles. The van der Waals surface area contributed by atoms with Crippen LogP contribution in [0, 0.1) is 5.92 Å². The van der Waals surface area contributed by atoms with Gasteiger partial charge in [0.25, 0.3) is 0 Å². The third-order valence-electron chi connectivity index (χ3n) is 6.21. The molecule has 2 aromatic rings. The summed E-state index contributed by atoms with van der Waals surface area (Å²) in [5.41, 5.74) is 3.82. The molecule has 1 saturated carbocycles. The number of amides is 2. The van der Waals surface area contributed by atoms with Crippen molar-refractivity contribution >= 4 is 22.7 Å². The van der Waals surface area contributed by atoms with Crippen molar-refractivity contribution in [3.05, 3.63) is 35.5 Å². The molecule has 0 radical (unpaired) electrons. The van der Waals surface area contributed by atoms with Gasteiger partial charge in [0.15, 0.2) is 0 Å². The molecule has 0 spiro atoms. The first-order chi connectivity index (χ1) is 13.1. The number of aromatic amines is 1. The largest absolute Gasteiger partial charge is 0.356 e. The molecule has 27 heavy (non-hydrogen) atoms. The van der Waals surface area contributed by atoms with Gasteiger partial charge >= 0.3 is 0 Å². The van der Waals surface area contributed by atoms with Crippen molar-refractivity contribution in [3.63, 3.8) is 0 Å². The number of aromatic nitrogens is 1. The highest BCUT2D eigenvalue weighted by Gasteiger charge is 2.38. The van der Waals surface area contributed by atoms with Crippen LogP contribution in [-0.4, -0.2) is 34.8 Å². The predicted molar refractivity (Wildman–Crippen MR) is 106 cm³/mol. The second kappa shape index (κ2) is 7.75. The van der Waals surface area contributed by atoms with Crippen LogP contribution in [0.4, 0.5) is 0 Å². The van der Waals surface area contributed by atoms with Crippen LogP contribution in [0.5, 0.6) is 0 Å². The quantitative estimate of drug-likeness (QED) is 0.865. The molecule has 1 unspecified atom stereocenters. The van der Waals surface area contributed by atoms with Gasteiger partial charge in [-0.05, 0) is 36.8 Å². The number of rotatable bonds is 4. The Hall–Kier alpha value is -2.30. The highest BCUT2D eigenvalue weighted by molar-refractivity contribution is 5.86. The molecule has 144 valence electrons. The molecule has 5 heteroatoms. The second-order valence-electron chi connectivity index (χ2n) is 7.98. The SMILES string of the molecule is CC(=O)NCCC(=O)N1CCc2c([nH]c3ccccc23)C1C1CCCCC1. The van der Waals surface area contributed by atoms with Gasteiger partial charge < -0.3 is 15.2 Å². The van der Waals surface area contributed by atoms with Gasteiger partial charge in [-0.15, -0.1) is 0 Å². The molecule has 1 atom stereocenters. The number of hydrogen-bond donors (Lipinski definition) is 2. The monoisotopic (exact) mass is 367 g/mol. The van der Waals surface area contributed by atoms with E-state index in [1.165, 1.54) is 61.2 Å². The van der Waals surface area contributed by atoms with Gasteiger partial charge in [-0.3, -0.25) is 9.59 Å². The lowest BCUT2D eigenvalue weighted by Crippen LogP contribution is -2.44. The van der Waals surface area contributed by atoms with Crippen LogP contribution in [0.3, 0.4) is 0 Å². The molecule has 1 fully saturated rings. The molecular weight excluding hydrogens is 338 g/mol. The number of carbonyl (C=O) groups excluding carboxylic acids is 2. The number of fused-ring (bicyclic) bond motifs is 3. The Morgan fingerprint density at radius 1 is 1.19 bits per heavy atom. The van der Waals surface area contributed by atoms with Crippen LogP contribution in [0.25, 0.3) is 10.9 Å². The fraction of sp³-hybridized carbons (Fsp3) is 0.545. The van der Waals surface area contributed by atoms with E-state index in [4.69, 9.17) is 0 Å². The maximum absolute atomic E-state index is 13.0. The summed E-state index contributed by atoms with van der Waals surface area (Å²) in [4.78, 5) is 29.9. The molecule has 2 N–H and O–H groups in total. The minimum Gasteiger partial charge on any atom is -0.356 e. The molecule has 1 aromatic carbocycles. The van der Waals surface area contributed by atoms with E-state index >= 15 is 0 Å². The lowest BCUT2D eigenvalue weighted by molar-refractivity contribution is -0.135. The van der Waals surface area contributed by atoms with E-state index in [9.17, 15) is 9.59 Å². The third-order valence-corrected chi connectivity index (χ3v) is 6.21. The Kier molecular flexibility index (Phi) is 5.19. The molecule has 2 heterocycles. The van der Waals surface area contributed by atoms with Gasteiger partial charge in [0, 0.05) is 43.0 Å². The van der Waals surface area contributed by atoms with E-state index in [2.05, 4.69) is 39.5 Å². The first kappa shape index (κ1) is 18.1. The van der Waals surface area contributed by atoms with E-state index in [1.54, 1.807) is 0 Å². The lowest BCUT2D eigenvalue weighted by atomic mass is 9.79. The Balaban J connectivity index is 1.65. The summed E-state index contributed by atoms with van der Waals surface area (Å²) in [5, 5.41) is 4.06. The average Bonchev–Trinajstić information content (AvgIpc) is 3.06. The van der Waals surface area contributed by atoms with Crippen molar-refractivity contribution in [2.24, 2.45) is 5.92 Å². The number of hydrogen-bond acceptors (Lipinski definition) is 2. The number of nitrogens with one attached hydrogen (secondary N) is 2. The molecular formula is C22H29N3O2. The molecule has 1 aliphatic heterocycles. The Labute approximate surface area is 160 Å². The minimum absolute atomic E-state index is 0.0804. The highest BCUT2D eigenvalue weighted by Crippen LogP contribution is 2.43. The third kappa shape index (κ3) is 3.60. The van der Waals surface area contributed by atoms with Gasteiger partial charge in [0.1, 0.15) is 0 Å². The number of nitrogens with zero attached hydrogens (tertiary/aromatic N) is 1. The zero-order valence-corrected chi connectivity index (χ0v) is 16.1. The molecule has 0 bridgehead atoms. The first-order valence-corrected chi connectivity index (χ1v) is 10.3. The maximum Gasteiger partial charge on any atom is 0.224 e. The predicted octanol–water partition coefficient (Wildman–Crippen LogP) is 3.70. The summed E-state index contributed by atoms with van der Waals surface area (Å²) in [6, 6.07) is 8.63. The van der Waals surface area contributed by atoms with Gasteiger partial charge in [-0.1, -0.05) is 37.5 Å². The standard InChI is InChI=1S/C22H29N3O2/c1-15(26)23-13-11-20(27)25-14-12-18-17-9-5-6-10-19(17)24-21(18)22(25)16-7-3-2-4-8-16/h5-6,9-10,16,22,24H,2-4,7-8,11-14H2,1H3,(H,23,26). The average molecular weight is 367 g/mol. The van der Waals surface area contributed by atoms with Crippen LogP contribution in [0.15, 0.2) is 24.3 Å². The van der Waals surface area contributed by atoms with Gasteiger partial charge in [0.05, 0.1) is 6.04 Å². The number of carbonyl (C=O) groups is 2. The van der Waals surface area contributed by atoms with Crippen molar-refractivity contribution in [3.8, 4) is 0 Å². The lowest BCUT2D eigenvalue weighted by Gasteiger charge is -2.42. The van der Waals surface area contributed by atoms with Crippen molar-refractivity contribution in [2.45, 2.75) is 57.9 Å². The molecule has 5 nitrogen and oxygen atoms in total. The van der Waals surface area contributed by atoms with E-state index in [0.29, 0.717) is 18.9 Å². The summed E-state index contributed by atoms with van der Waals surface area (Å²) in [6.45, 7) is 2.68. The smallest absolute Gasteiger partial charge is 0.224 e. The van der Waals surface area contributed by atoms with Crippen molar-refractivity contribution in [1.29, 1.82) is 0 Å². The van der Waals surface area contributed by atoms with Crippen molar-refractivity contribution in [2.75, 3.05) is 13.1 Å². The van der Waals surface area contributed by atoms with Crippen LogP contribution < -0.4 is 5.32 Å². The van der Waals surface area contributed by atoms with E-state index in [-0.39, 0.29) is 17.9 Å². The van der Waals surface area contributed by atoms with Crippen LogP contribution in [0.2, 0.25) is 0 Å². The van der Waals surface area contributed by atoms with E-state index < -0.39 is 0 Å². The summed E-state index contributed by atoms with van der Waals surface area (Å²) in [5.74, 6) is 0.599. The minimum atomic E-state index is -0.0804. The number of para-hydroxylation sites is 1. The topological polar surface area (TPSA) is 65.2 Å². The highest BCUT2D eigenvalue weighted by atomic mass is 16.2. The second-order valence-corrected chi connectivity index (χ2v) is 7.98. The summed E-state index contributed by atoms with van der Waals surface area (Å²) < 4.78 is 0. The van der Waals surface area contributed by atoms with Crippen LogP contribution in [0.1, 0.15) is 62.7 Å².